The second-order valence-corrected chi connectivity index (χ2v) is 7.04. The predicted octanol–water partition coefficient (Wildman–Crippen LogP) is 2.88. The molecule has 0 aromatic heterocycles. The first kappa shape index (κ1) is 20.2. The number of halogens is 1. The summed E-state index contributed by atoms with van der Waals surface area (Å²) in [4.78, 5) is 27.4. The molecule has 1 amide bonds. The van der Waals surface area contributed by atoms with Gasteiger partial charge in [0.2, 0.25) is 0 Å². The van der Waals surface area contributed by atoms with Crippen LogP contribution in [0.4, 0.5) is 0 Å². The lowest BCUT2D eigenvalue weighted by atomic mass is 10.2. The van der Waals surface area contributed by atoms with E-state index in [0.29, 0.717) is 30.2 Å². The maximum absolute atomic E-state index is 12.5. The molecule has 3 rings (SSSR count). The van der Waals surface area contributed by atoms with Crippen LogP contribution in [0.3, 0.4) is 0 Å². The molecule has 2 aromatic rings. The molecule has 1 aliphatic heterocycles. The molecule has 0 N–H and O–H groups in total. The highest BCUT2D eigenvalue weighted by Gasteiger charge is 2.22. The van der Waals surface area contributed by atoms with Crippen molar-refractivity contribution in [3.63, 3.8) is 0 Å². The van der Waals surface area contributed by atoms with Gasteiger partial charge < -0.3 is 14.4 Å². The van der Waals surface area contributed by atoms with Crippen molar-refractivity contribution in [3.8, 4) is 11.5 Å². The second-order valence-electron chi connectivity index (χ2n) is 6.60. The van der Waals surface area contributed by atoms with Crippen molar-refractivity contribution in [2.45, 2.75) is 6.54 Å². The molecule has 2 aromatic carbocycles. The highest BCUT2D eigenvalue weighted by atomic mass is 35.5. The fourth-order valence-corrected chi connectivity index (χ4v) is 3.37. The van der Waals surface area contributed by atoms with E-state index in [4.69, 9.17) is 21.1 Å². The average molecular weight is 403 g/mol. The van der Waals surface area contributed by atoms with Crippen molar-refractivity contribution >= 4 is 23.8 Å². The molecule has 28 heavy (non-hydrogen) atoms. The molecule has 0 spiro atoms. The van der Waals surface area contributed by atoms with Gasteiger partial charge >= 0.3 is 0 Å². The summed E-state index contributed by atoms with van der Waals surface area (Å²) in [5.41, 5.74) is 1.66. The number of benzene rings is 2. The minimum atomic E-state index is -0.0658. The van der Waals surface area contributed by atoms with E-state index in [1.165, 1.54) is 12.7 Å². The monoisotopic (exact) mass is 402 g/mol. The molecule has 6 nitrogen and oxygen atoms in total. The Balaban J connectivity index is 1.48. The predicted molar refractivity (Wildman–Crippen MR) is 107 cm³/mol. The van der Waals surface area contributed by atoms with E-state index in [-0.39, 0.29) is 12.5 Å². The number of ether oxygens (including phenoxy) is 2. The maximum Gasteiger partial charge on any atom is 0.260 e. The molecule has 0 atom stereocenters. The lowest BCUT2D eigenvalue weighted by molar-refractivity contribution is -0.135. The van der Waals surface area contributed by atoms with Gasteiger partial charge in [0, 0.05) is 43.3 Å². The maximum atomic E-state index is 12.5. The van der Waals surface area contributed by atoms with Crippen LogP contribution in [0.5, 0.6) is 11.5 Å². The number of amides is 1. The zero-order valence-corrected chi connectivity index (χ0v) is 16.5. The summed E-state index contributed by atoms with van der Waals surface area (Å²) in [5.74, 6) is 0.814. The van der Waals surface area contributed by atoms with Crippen molar-refractivity contribution < 1.29 is 19.1 Å². The van der Waals surface area contributed by atoms with Gasteiger partial charge in [-0.25, -0.2) is 0 Å². The SMILES string of the molecule is COc1cc(C=O)ccc1OCC(=O)N1CCN(Cc2cccc(Cl)c2)CC1. The number of rotatable bonds is 7. The third-order valence-corrected chi connectivity index (χ3v) is 4.93. The Kier molecular flexibility index (Phi) is 6.90. The van der Waals surface area contributed by atoms with E-state index in [0.717, 1.165) is 30.9 Å². The molecule has 7 heteroatoms. The Morgan fingerprint density at radius 3 is 2.57 bits per heavy atom. The number of piperazine rings is 1. The summed E-state index contributed by atoms with van der Waals surface area (Å²) in [7, 11) is 1.50. The normalized spacial score (nSPS) is 14.6. The Morgan fingerprint density at radius 2 is 1.89 bits per heavy atom. The number of aldehydes is 1. The Bertz CT molecular complexity index is 835. The van der Waals surface area contributed by atoms with E-state index in [2.05, 4.69) is 11.0 Å². The van der Waals surface area contributed by atoms with Crippen LogP contribution in [-0.4, -0.2) is 61.9 Å². The standard InChI is InChI=1S/C21H23ClN2O4/c1-27-20-12-17(14-25)5-6-19(20)28-15-21(26)24-9-7-23(8-10-24)13-16-3-2-4-18(22)11-16/h2-6,11-12,14H,7-10,13,15H2,1H3. The summed E-state index contributed by atoms with van der Waals surface area (Å²) in [5, 5.41) is 0.736. The van der Waals surface area contributed by atoms with Gasteiger partial charge in [-0.05, 0) is 35.9 Å². The van der Waals surface area contributed by atoms with Crippen molar-refractivity contribution in [1.82, 2.24) is 9.80 Å². The Morgan fingerprint density at radius 1 is 1.11 bits per heavy atom. The highest BCUT2D eigenvalue weighted by Crippen LogP contribution is 2.27. The largest absolute Gasteiger partial charge is 0.493 e. The molecule has 1 saturated heterocycles. The molecule has 148 valence electrons. The van der Waals surface area contributed by atoms with Gasteiger partial charge in [-0.2, -0.15) is 0 Å². The zero-order valence-electron chi connectivity index (χ0n) is 15.8. The fraction of sp³-hybridized carbons (Fsp3) is 0.333. The number of carbonyl (C=O) groups is 2. The van der Waals surface area contributed by atoms with Crippen LogP contribution in [0, 0.1) is 0 Å². The van der Waals surface area contributed by atoms with Gasteiger partial charge in [0.05, 0.1) is 7.11 Å². The van der Waals surface area contributed by atoms with Gasteiger partial charge in [-0.1, -0.05) is 23.7 Å². The molecular weight excluding hydrogens is 380 g/mol. The van der Waals surface area contributed by atoms with E-state index in [9.17, 15) is 9.59 Å². The quantitative estimate of drug-likeness (QED) is 0.666. The minimum Gasteiger partial charge on any atom is -0.493 e. The topological polar surface area (TPSA) is 59.1 Å². The number of hydrogen-bond acceptors (Lipinski definition) is 5. The molecule has 0 aliphatic carbocycles. The molecular formula is C21H23ClN2O4. The molecule has 1 heterocycles. The highest BCUT2D eigenvalue weighted by molar-refractivity contribution is 6.30. The van der Waals surface area contributed by atoms with Gasteiger partial charge in [0.1, 0.15) is 6.29 Å². The zero-order chi connectivity index (χ0) is 19.9. The van der Waals surface area contributed by atoms with E-state index in [1.807, 2.05) is 18.2 Å². The molecule has 1 aliphatic rings. The van der Waals surface area contributed by atoms with Gasteiger partial charge in [-0.15, -0.1) is 0 Å². The van der Waals surface area contributed by atoms with Gasteiger partial charge in [0.25, 0.3) is 5.91 Å². The van der Waals surface area contributed by atoms with Crippen LogP contribution in [0.2, 0.25) is 5.02 Å². The van der Waals surface area contributed by atoms with Gasteiger partial charge in [-0.3, -0.25) is 14.5 Å². The van der Waals surface area contributed by atoms with Gasteiger partial charge in [0.15, 0.2) is 18.1 Å². The first-order chi connectivity index (χ1) is 13.6. The number of hydrogen-bond donors (Lipinski definition) is 0. The third kappa shape index (κ3) is 5.24. The lowest BCUT2D eigenvalue weighted by Crippen LogP contribution is -2.49. The number of methoxy groups -OCH3 is 1. The first-order valence-corrected chi connectivity index (χ1v) is 9.47. The summed E-state index contributed by atoms with van der Waals surface area (Å²) >= 11 is 6.04. The van der Waals surface area contributed by atoms with Crippen LogP contribution in [-0.2, 0) is 11.3 Å². The summed E-state index contributed by atoms with van der Waals surface area (Å²) < 4.78 is 10.8. The molecule has 0 unspecified atom stereocenters. The molecule has 0 bridgehead atoms. The van der Waals surface area contributed by atoms with Crippen LogP contribution < -0.4 is 9.47 Å². The van der Waals surface area contributed by atoms with Crippen molar-refractivity contribution in [2.24, 2.45) is 0 Å². The number of nitrogens with zero attached hydrogens (tertiary/aromatic N) is 2. The van der Waals surface area contributed by atoms with Crippen molar-refractivity contribution in [1.29, 1.82) is 0 Å². The average Bonchev–Trinajstić information content (AvgIpc) is 2.72. The smallest absolute Gasteiger partial charge is 0.260 e. The van der Waals surface area contributed by atoms with E-state index < -0.39 is 0 Å². The summed E-state index contributed by atoms with van der Waals surface area (Å²) in [6, 6.07) is 12.7. The van der Waals surface area contributed by atoms with Crippen LogP contribution >= 0.6 is 11.6 Å². The summed E-state index contributed by atoms with van der Waals surface area (Å²) in [6.07, 6.45) is 0.736. The fourth-order valence-electron chi connectivity index (χ4n) is 3.16. The number of carbonyl (C=O) groups excluding carboxylic acids is 2. The first-order valence-electron chi connectivity index (χ1n) is 9.09. The van der Waals surface area contributed by atoms with E-state index in [1.54, 1.807) is 23.1 Å². The molecule has 1 fully saturated rings. The van der Waals surface area contributed by atoms with Crippen LogP contribution in [0.1, 0.15) is 15.9 Å². The third-order valence-electron chi connectivity index (χ3n) is 4.70. The lowest BCUT2D eigenvalue weighted by Gasteiger charge is -2.34. The van der Waals surface area contributed by atoms with Crippen molar-refractivity contribution in [3.05, 3.63) is 58.6 Å². The Labute approximate surface area is 169 Å². The molecule has 0 radical (unpaired) electrons. The second kappa shape index (κ2) is 9.57. The molecule has 0 saturated carbocycles. The minimum absolute atomic E-state index is 0.0644. The van der Waals surface area contributed by atoms with Crippen LogP contribution in [0.25, 0.3) is 0 Å². The Hall–Kier alpha value is -2.57. The van der Waals surface area contributed by atoms with E-state index >= 15 is 0 Å². The summed E-state index contributed by atoms with van der Waals surface area (Å²) in [6.45, 7) is 3.67. The van der Waals surface area contributed by atoms with Crippen LogP contribution in [0.15, 0.2) is 42.5 Å². The van der Waals surface area contributed by atoms with Crippen molar-refractivity contribution in [2.75, 3.05) is 39.9 Å².